The Labute approximate surface area is 137 Å². The highest BCUT2D eigenvalue weighted by molar-refractivity contribution is 5.77. The molecule has 2 aromatic rings. The van der Waals surface area contributed by atoms with E-state index in [2.05, 4.69) is 0 Å². The van der Waals surface area contributed by atoms with Crippen LogP contribution in [0.15, 0.2) is 60.7 Å². The summed E-state index contributed by atoms with van der Waals surface area (Å²) in [6.45, 7) is -0.00157. The number of benzene rings is 2. The summed E-state index contributed by atoms with van der Waals surface area (Å²) in [5.74, 6) is -0.149. The fraction of sp³-hybridized carbons (Fsp3) is 0.316. The standard InChI is InChI=1S/C19H23NO3/c1-20(17(12-13-21)15-8-4-2-5-9-15)19(23)14-18(22)16-10-6-3-7-11-16/h2-11,17-18,21-22H,12-14H2,1H3. The molecule has 2 atom stereocenters. The smallest absolute Gasteiger partial charge is 0.225 e. The van der Waals surface area contributed by atoms with Gasteiger partial charge < -0.3 is 15.1 Å². The summed E-state index contributed by atoms with van der Waals surface area (Å²) in [5, 5.41) is 19.5. The van der Waals surface area contributed by atoms with Gasteiger partial charge in [0.1, 0.15) is 0 Å². The fourth-order valence-corrected chi connectivity index (χ4v) is 2.66. The van der Waals surface area contributed by atoms with Gasteiger partial charge in [0.05, 0.1) is 18.6 Å². The van der Waals surface area contributed by atoms with E-state index in [1.54, 1.807) is 24.1 Å². The Morgan fingerprint density at radius 1 is 1.00 bits per heavy atom. The lowest BCUT2D eigenvalue weighted by molar-refractivity contribution is -0.134. The zero-order valence-corrected chi connectivity index (χ0v) is 13.3. The molecule has 0 aliphatic rings. The van der Waals surface area contributed by atoms with Crippen molar-refractivity contribution in [2.24, 2.45) is 0 Å². The maximum atomic E-state index is 12.5. The Kier molecular flexibility index (Phi) is 6.32. The molecule has 0 fully saturated rings. The van der Waals surface area contributed by atoms with Crippen molar-refractivity contribution in [1.82, 2.24) is 4.90 Å². The molecule has 0 saturated carbocycles. The minimum Gasteiger partial charge on any atom is -0.396 e. The maximum absolute atomic E-state index is 12.5. The van der Waals surface area contributed by atoms with Crippen molar-refractivity contribution in [3.05, 3.63) is 71.8 Å². The van der Waals surface area contributed by atoms with Gasteiger partial charge in [-0.1, -0.05) is 60.7 Å². The number of hydrogen-bond donors (Lipinski definition) is 2. The highest BCUT2D eigenvalue weighted by atomic mass is 16.3. The summed E-state index contributed by atoms with van der Waals surface area (Å²) < 4.78 is 0. The molecule has 2 N–H and O–H groups in total. The van der Waals surface area contributed by atoms with Crippen LogP contribution in [0.25, 0.3) is 0 Å². The third-order valence-corrected chi connectivity index (χ3v) is 4.00. The largest absolute Gasteiger partial charge is 0.396 e. The third-order valence-electron chi connectivity index (χ3n) is 4.00. The van der Waals surface area contributed by atoms with E-state index in [1.165, 1.54) is 0 Å². The van der Waals surface area contributed by atoms with Gasteiger partial charge in [0.15, 0.2) is 0 Å². The number of hydrogen-bond acceptors (Lipinski definition) is 3. The molecule has 23 heavy (non-hydrogen) atoms. The number of nitrogens with zero attached hydrogens (tertiary/aromatic N) is 1. The van der Waals surface area contributed by atoms with E-state index in [0.717, 1.165) is 11.1 Å². The van der Waals surface area contributed by atoms with E-state index in [1.807, 2.05) is 48.5 Å². The highest BCUT2D eigenvalue weighted by Gasteiger charge is 2.23. The maximum Gasteiger partial charge on any atom is 0.225 e. The van der Waals surface area contributed by atoms with E-state index in [0.29, 0.717) is 6.42 Å². The first-order valence-electron chi connectivity index (χ1n) is 7.78. The first-order valence-corrected chi connectivity index (χ1v) is 7.78. The van der Waals surface area contributed by atoms with Crippen LogP contribution in [0.4, 0.5) is 0 Å². The van der Waals surface area contributed by atoms with Crippen molar-refractivity contribution >= 4 is 5.91 Å². The Hall–Kier alpha value is -2.17. The van der Waals surface area contributed by atoms with Crippen LogP contribution < -0.4 is 0 Å². The molecular formula is C19H23NO3. The van der Waals surface area contributed by atoms with Gasteiger partial charge >= 0.3 is 0 Å². The number of rotatable bonds is 7. The summed E-state index contributed by atoms with van der Waals surface area (Å²) in [5.41, 5.74) is 1.71. The second-order valence-corrected chi connectivity index (χ2v) is 5.57. The zero-order valence-electron chi connectivity index (χ0n) is 13.3. The average molecular weight is 313 g/mol. The van der Waals surface area contributed by atoms with E-state index in [-0.39, 0.29) is 25.0 Å². The zero-order chi connectivity index (χ0) is 16.7. The summed E-state index contributed by atoms with van der Waals surface area (Å²) in [7, 11) is 1.72. The number of aliphatic hydroxyl groups excluding tert-OH is 2. The molecule has 0 radical (unpaired) electrons. The molecule has 1 amide bonds. The topological polar surface area (TPSA) is 60.8 Å². The predicted molar refractivity (Wildman–Crippen MR) is 89.7 cm³/mol. The molecule has 122 valence electrons. The lowest BCUT2D eigenvalue weighted by atomic mass is 10.0. The van der Waals surface area contributed by atoms with Crippen LogP contribution in [0.2, 0.25) is 0 Å². The number of amides is 1. The van der Waals surface area contributed by atoms with Crippen LogP contribution in [0.5, 0.6) is 0 Å². The van der Waals surface area contributed by atoms with Crippen LogP contribution in [0, 0.1) is 0 Å². The van der Waals surface area contributed by atoms with Gasteiger partial charge in [-0.05, 0) is 17.5 Å². The predicted octanol–water partition coefficient (Wildman–Crippen LogP) is 2.69. The van der Waals surface area contributed by atoms with Gasteiger partial charge in [-0.15, -0.1) is 0 Å². The minimum absolute atomic E-state index is 0.00157. The molecule has 0 heterocycles. The summed E-state index contributed by atoms with van der Waals surface area (Å²) in [6.07, 6.45) is -0.333. The van der Waals surface area contributed by atoms with Gasteiger partial charge in [0.25, 0.3) is 0 Å². The number of carbonyl (C=O) groups excluding carboxylic acids is 1. The first kappa shape index (κ1) is 17.2. The SMILES string of the molecule is CN(C(=O)CC(O)c1ccccc1)C(CCO)c1ccccc1. The van der Waals surface area contributed by atoms with Crippen LogP contribution in [0.1, 0.15) is 36.1 Å². The molecule has 2 unspecified atom stereocenters. The van der Waals surface area contributed by atoms with Gasteiger partial charge in [-0.2, -0.15) is 0 Å². The molecule has 0 spiro atoms. The van der Waals surface area contributed by atoms with Crippen molar-refractivity contribution in [3.63, 3.8) is 0 Å². The summed E-state index contributed by atoms with van der Waals surface area (Å²) in [6, 6.07) is 18.6. The molecule has 0 bridgehead atoms. The van der Waals surface area contributed by atoms with E-state index in [4.69, 9.17) is 0 Å². The molecule has 0 aliphatic carbocycles. The lowest BCUT2D eigenvalue weighted by Gasteiger charge is -2.29. The molecule has 4 nitrogen and oxygen atoms in total. The molecule has 0 saturated heterocycles. The van der Waals surface area contributed by atoms with Crippen molar-refractivity contribution in [2.45, 2.75) is 25.0 Å². The van der Waals surface area contributed by atoms with Gasteiger partial charge in [0.2, 0.25) is 5.91 Å². The highest BCUT2D eigenvalue weighted by Crippen LogP contribution is 2.25. The Bertz CT molecular complexity index is 601. The second-order valence-electron chi connectivity index (χ2n) is 5.57. The number of aliphatic hydroxyl groups is 2. The van der Waals surface area contributed by atoms with E-state index < -0.39 is 6.10 Å². The third kappa shape index (κ3) is 4.65. The molecule has 2 rings (SSSR count). The lowest BCUT2D eigenvalue weighted by Crippen LogP contribution is -2.32. The molecule has 0 aliphatic heterocycles. The Balaban J connectivity index is 2.07. The van der Waals surface area contributed by atoms with Crippen LogP contribution in [0.3, 0.4) is 0 Å². The summed E-state index contributed by atoms with van der Waals surface area (Å²) in [4.78, 5) is 14.1. The van der Waals surface area contributed by atoms with Crippen LogP contribution >= 0.6 is 0 Å². The molecular weight excluding hydrogens is 290 g/mol. The van der Waals surface area contributed by atoms with Gasteiger partial charge in [-0.25, -0.2) is 0 Å². The Morgan fingerprint density at radius 3 is 2.04 bits per heavy atom. The van der Waals surface area contributed by atoms with Gasteiger partial charge in [-0.3, -0.25) is 4.79 Å². The normalized spacial score (nSPS) is 13.3. The van der Waals surface area contributed by atoms with Crippen LogP contribution in [-0.2, 0) is 4.79 Å². The van der Waals surface area contributed by atoms with Crippen molar-refractivity contribution in [1.29, 1.82) is 0 Å². The van der Waals surface area contributed by atoms with Crippen LogP contribution in [-0.4, -0.2) is 34.7 Å². The number of carbonyl (C=O) groups is 1. The van der Waals surface area contributed by atoms with Crippen molar-refractivity contribution in [3.8, 4) is 0 Å². The summed E-state index contributed by atoms with van der Waals surface area (Å²) >= 11 is 0. The van der Waals surface area contributed by atoms with Crippen molar-refractivity contribution < 1.29 is 15.0 Å². The minimum atomic E-state index is -0.823. The Morgan fingerprint density at radius 2 is 1.52 bits per heavy atom. The van der Waals surface area contributed by atoms with E-state index in [9.17, 15) is 15.0 Å². The van der Waals surface area contributed by atoms with E-state index >= 15 is 0 Å². The fourth-order valence-electron chi connectivity index (χ4n) is 2.66. The molecule has 2 aromatic carbocycles. The quantitative estimate of drug-likeness (QED) is 0.826. The van der Waals surface area contributed by atoms with Gasteiger partial charge in [0, 0.05) is 13.7 Å². The first-order chi connectivity index (χ1) is 11.1. The van der Waals surface area contributed by atoms with Crippen molar-refractivity contribution in [2.75, 3.05) is 13.7 Å². The molecule has 4 heteroatoms. The average Bonchev–Trinajstić information content (AvgIpc) is 2.60. The molecule has 0 aromatic heterocycles. The monoisotopic (exact) mass is 313 g/mol. The second kappa shape index (κ2) is 8.46.